The molecule has 2 N–H and O–H groups in total. The van der Waals surface area contributed by atoms with Crippen molar-refractivity contribution in [2.45, 2.75) is 24.9 Å². The summed E-state index contributed by atoms with van der Waals surface area (Å²) in [7, 11) is 0. The van der Waals surface area contributed by atoms with E-state index in [0.717, 1.165) is 12.1 Å². The first-order valence-electron chi connectivity index (χ1n) is 7.21. The van der Waals surface area contributed by atoms with Crippen LogP contribution in [-0.4, -0.2) is 42.4 Å². The minimum atomic E-state index is -0.378. The molecule has 1 aromatic rings. The van der Waals surface area contributed by atoms with Gasteiger partial charge in [-0.25, -0.2) is 0 Å². The molecule has 0 bridgehead atoms. The number of hydrogen-bond donors (Lipinski definition) is 2. The van der Waals surface area contributed by atoms with Crippen LogP contribution in [0, 0.1) is 0 Å². The summed E-state index contributed by atoms with van der Waals surface area (Å²) in [6, 6.07) is 7.18. The largest absolute Gasteiger partial charge is 0.344 e. The van der Waals surface area contributed by atoms with Crippen LogP contribution in [0.3, 0.4) is 0 Å². The highest BCUT2D eigenvalue weighted by Gasteiger charge is 2.35. The first-order chi connectivity index (χ1) is 10.1. The van der Waals surface area contributed by atoms with E-state index in [2.05, 4.69) is 10.6 Å². The number of benzene rings is 1. The number of rotatable bonds is 2. The highest BCUT2D eigenvalue weighted by atomic mass is 35.5. The highest BCUT2D eigenvalue weighted by Crippen LogP contribution is 2.26. The van der Waals surface area contributed by atoms with Gasteiger partial charge in [0.25, 0.3) is 0 Å². The van der Waals surface area contributed by atoms with Crippen LogP contribution in [0.2, 0.25) is 5.02 Å². The molecular weight excluding hydrogens is 325 g/mol. The van der Waals surface area contributed by atoms with Crippen molar-refractivity contribution in [3.8, 4) is 0 Å². The van der Waals surface area contributed by atoms with E-state index < -0.39 is 0 Å². The number of carbonyl (C=O) groups excluding carboxylic acids is 2. The van der Waals surface area contributed by atoms with E-state index in [1.54, 1.807) is 0 Å². The SMILES string of the molecule is Cl.O=C1CC[C@@H](C(=O)N2CCNCC2c2cccc(Cl)c2)N1. The first-order valence-corrected chi connectivity index (χ1v) is 7.59. The standard InChI is InChI=1S/C15H18ClN3O2.ClH/c16-11-3-1-2-10(8-11)13-9-17-6-7-19(13)15(21)12-4-5-14(20)18-12;/h1-3,8,12-13,17H,4-7,9H2,(H,18,20);1H/t12-,13?;/m0./s1. The molecular formula is C15H19Cl2N3O2. The maximum Gasteiger partial charge on any atom is 0.245 e. The normalized spacial score (nSPS) is 24.6. The smallest absolute Gasteiger partial charge is 0.245 e. The fourth-order valence-electron chi connectivity index (χ4n) is 2.98. The van der Waals surface area contributed by atoms with E-state index in [1.807, 2.05) is 29.2 Å². The van der Waals surface area contributed by atoms with E-state index in [9.17, 15) is 9.59 Å². The minimum absolute atomic E-state index is 0. The van der Waals surface area contributed by atoms with Gasteiger partial charge in [-0.15, -0.1) is 12.4 Å². The van der Waals surface area contributed by atoms with Gasteiger partial charge in [-0.2, -0.15) is 0 Å². The molecule has 2 atom stereocenters. The Hall–Kier alpha value is -1.30. The molecule has 2 saturated heterocycles. The van der Waals surface area contributed by atoms with E-state index in [0.29, 0.717) is 31.0 Å². The van der Waals surface area contributed by atoms with Crippen LogP contribution < -0.4 is 10.6 Å². The van der Waals surface area contributed by atoms with Crippen LogP contribution in [0.15, 0.2) is 24.3 Å². The summed E-state index contributed by atoms with van der Waals surface area (Å²) in [6.07, 6.45) is 1.02. The molecule has 7 heteroatoms. The lowest BCUT2D eigenvalue weighted by atomic mass is 10.0. The van der Waals surface area contributed by atoms with Gasteiger partial charge in [0.15, 0.2) is 0 Å². The van der Waals surface area contributed by atoms with Crippen LogP contribution in [0.5, 0.6) is 0 Å². The Morgan fingerprint density at radius 1 is 1.36 bits per heavy atom. The topological polar surface area (TPSA) is 61.4 Å². The quantitative estimate of drug-likeness (QED) is 0.855. The van der Waals surface area contributed by atoms with Crippen molar-refractivity contribution in [2.24, 2.45) is 0 Å². The lowest BCUT2D eigenvalue weighted by Crippen LogP contribution is -2.53. The van der Waals surface area contributed by atoms with Crippen LogP contribution in [0.25, 0.3) is 0 Å². The lowest BCUT2D eigenvalue weighted by Gasteiger charge is -2.38. The number of hydrogen-bond acceptors (Lipinski definition) is 3. The van der Waals surface area contributed by atoms with Gasteiger partial charge < -0.3 is 15.5 Å². The molecule has 1 aromatic carbocycles. The molecule has 2 fully saturated rings. The Morgan fingerprint density at radius 3 is 2.86 bits per heavy atom. The molecule has 3 rings (SSSR count). The van der Waals surface area contributed by atoms with Crippen LogP contribution in [0.1, 0.15) is 24.4 Å². The number of nitrogens with one attached hydrogen (secondary N) is 2. The van der Waals surface area contributed by atoms with Crippen LogP contribution in [-0.2, 0) is 9.59 Å². The Morgan fingerprint density at radius 2 is 2.18 bits per heavy atom. The fraction of sp³-hybridized carbons (Fsp3) is 0.467. The van der Waals surface area contributed by atoms with E-state index >= 15 is 0 Å². The summed E-state index contributed by atoms with van der Waals surface area (Å²) >= 11 is 6.06. The maximum absolute atomic E-state index is 12.7. The van der Waals surface area contributed by atoms with Crippen LogP contribution >= 0.6 is 24.0 Å². The number of piperazine rings is 1. The molecule has 0 spiro atoms. The molecule has 5 nitrogen and oxygen atoms in total. The Labute approximate surface area is 140 Å². The third-order valence-corrected chi connectivity index (χ3v) is 4.29. The minimum Gasteiger partial charge on any atom is -0.344 e. The monoisotopic (exact) mass is 343 g/mol. The summed E-state index contributed by atoms with van der Waals surface area (Å²) in [4.78, 5) is 25.8. The Bertz CT molecular complexity index is 567. The zero-order chi connectivity index (χ0) is 14.8. The third-order valence-electron chi connectivity index (χ3n) is 4.05. The van der Waals surface area contributed by atoms with E-state index in [4.69, 9.17) is 11.6 Å². The lowest BCUT2D eigenvalue weighted by molar-refractivity contribution is -0.137. The molecule has 2 aliphatic heterocycles. The van der Waals surface area contributed by atoms with Crippen molar-refractivity contribution in [2.75, 3.05) is 19.6 Å². The number of nitrogens with zero attached hydrogens (tertiary/aromatic N) is 1. The van der Waals surface area contributed by atoms with Gasteiger partial charge in [0.05, 0.1) is 6.04 Å². The van der Waals surface area contributed by atoms with Crippen molar-refractivity contribution in [3.63, 3.8) is 0 Å². The summed E-state index contributed by atoms with van der Waals surface area (Å²) in [5.74, 6) is -0.0323. The van der Waals surface area contributed by atoms with Gasteiger partial charge in [0.2, 0.25) is 11.8 Å². The van der Waals surface area contributed by atoms with Crippen molar-refractivity contribution in [3.05, 3.63) is 34.9 Å². The van der Waals surface area contributed by atoms with Gasteiger partial charge in [-0.05, 0) is 24.1 Å². The zero-order valence-electron chi connectivity index (χ0n) is 12.0. The number of halogens is 2. The Balaban J connectivity index is 0.00000176. The second-order valence-corrected chi connectivity index (χ2v) is 5.90. The third kappa shape index (κ3) is 3.54. The molecule has 120 valence electrons. The molecule has 2 heterocycles. The molecule has 2 aliphatic rings. The van der Waals surface area contributed by atoms with Gasteiger partial charge in [-0.3, -0.25) is 9.59 Å². The van der Waals surface area contributed by atoms with Crippen LogP contribution in [0.4, 0.5) is 0 Å². The molecule has 22 heavy (non-hydrogen) atoms. The summed E-state index contributed by atoms with van der Waals surface area (Å²) in [5, 5.41) is 6.74. The van der Waals surface area contributed by atoms with Gasteiger partial charge in [-0.1, -0.05) is 23.7 Å². The van der Waals surface area contributed by atoms with E-state index in [-0.39, 0.29) is 36.3 Å². The molecule has 1 unspecified atom stereocenters. The second kappa shape index (κ2) is 7.31. The average Bonchev–Trinajstić information content (AvgIpc) is 2.93. The van der Waals surface area contributed by atoms with Crippen molar-refractivity contribution < 1.29 is 9.59 Å². The summed E-state index contributed by atoms with van der Waals surface area (Å²) < 4.78 is 0. The molecule has 0 saturated carbocycles. The molecule has 0 radical (unpaired) electrons. The Kier molecular flexibility index (Phi) is 5.67. The van der Waals surface area contributed by atoms with E-state index in [1.165, 1.54) is 0 Å². The van der Waals surface area contributed by atoms with Crippen molar-refractivity contribution in [1.29, 1.82) is 0 Å². The highest BCUT2D eigenvalue weighted by molar-refractivity contribution is 6.30. The van der Waals surface area contributed by atoms with Crippen molar-refractivity contribution >= 4 is 35.8 Å². The molecule has 2 amide bonds. The molecule has 0 aromatic heterocycles. The number of amides is 2. The summed E-state index contributed by atoms with van der Waals surface area (Å²) in [6.45, 7) is 2.11. The predicted octanol–water partition coefficient (Wildman–Crippen LogP) is 1.51. The number of carbonyl (C=O) groups is 2. The van der Waals surface area contributed by atoms with Crippen molar-refractivity contribution in [1.82, 2.24) is 15.5 Å². The zero-order valence-corrected chi connectivity index (χ0v) is 13.6. The molecule has 0 aliphatic carbocycles. The van der Waals surface area contributed by atoms with Gasteiger partial charge in [0, 0.05) is 31.1 Å². The second-order valence-electron chi connectivity index (χ2n) is 5.47. The first kappa shape index (κ1) is 17.1. The summed E-state index contributed by atoms with van der Waals surface area (Å²) in [5.41, 5.74) is 1.02. The average molecular weight is 344 g/mol. The maximum atomic E-state index is 12.7. The van der Waals surface area contributed by atoms with Gasteiger partial charge in [0.1, 0.15) is 6.04 Å². The fourth-order valence-corrected chi connectivity index (χ4v) is 3.18. The van der Waals surface area contributed by atoms with Gasteiger partial charge >= 0.3 is 0 Å². The predicted molar refractivity (Wildman–Crippen MR) is 87.2 cm³/mol.